The van der Waals surface area contributed by atoms with E-state index in [4.69, 9.17) is 5.11 Å². The van der Waals surface area contributed by atoms with Gasteiger partial charge >= 0.3 is 18.2 Å². The van der Waals surface area contributed by atoms with Gasteiger partial charge in [0.05, 0.1) is 5.56 Å². The summed E-state index contributed by atoms with van der Waals surface area (Å²) in [6.45, 7) is 0. The van der Waals surface area contributed by atoms with Gasteiger partial charge in [0.2, 0.25) is 0 Å². The number of anilines is 1. The quantitative estimate of drug-likeness (QED) is 0.849. The number of benzene rings is 1. The third-order valence-corrected chi connectivity index (χ3v) is 2.48. The molecule has 0 atom stereocenters. The van der Waals surface area contributed by atoms with Crippen LogP contribution in [0.3, 0.4) is 0 Å². The molecule has 10 heteroatoms. The molecule has 1 aromatic carbocycles. The molecule has 0 aliphatic rings. The van der Waals surface area contributed by atoms with E-state index in [0.717, 1.165) is 12.3 Å². The Morgan fingerprint density at radius 1 is 1.27 bits per heavy atom. The second-order valence-electron chi connectivity index (χ2n) is 3.99. The Hall–Kier alpha value is -2.91. The highest BCUT2D eigenvalue weighted by atomic mass is 19.4. The fourth-order valence-electron chi connectivity index (χ4n) is 1.48. The topological polar surface area (TPSA) is 92.4 Å². The molecule has 1 amide bonds. The number of aromatic carboxylic acids is 1. The van der Waals surface area contributed by atoms with Gasteiger partial charge in [0.25, 0.3) is 5.91 Å². The summed E-state index contributed by atoms with van der Waals surface area (Å²) in [5, 5.41) is 10.6. The summed E-state index contributed by atoms with van der Waals surface area (Å²) in [5.41, 5.74) is -2.40. The zero-order chi connectivity index (χ0) is 16.5. The lowest BCUT2D eigenvalue weighted by atomic mass is 10.1. The molecule has 0 bridgehead atoms. The molecule has 6 nitrogen and oxygen atoms in total. The van der Waals surface area contributed by atoms with E-state index in [0.29, 0.717) is 12.1 Å². The highest BCUT2D eigenvalue weighted by molar-refractivity contribution is 6.03. The average Bonchev–Trinajstić information content (AvgIpc) is 2.85. The molecule has 0 fully saturated rings. The van der Waals surface area contributed by atoms with Crippen LogP contribution < -0.4 is 5.32 Å². The first kappa shape index (κ1) is 15.5. The molecule has 0 aliphatic heterocycles. The third-order valence-electron chi connectivity index (χ3n) is 2.48. The summed E-state index contributed by atoms with van der Waals surface area (Å²) in [6, 6.07) is 1.10. The average molecular weight is 318 g/mol. The molecule has 2 rings (SSSR count). The van der Waals surface area contributed by atoms with Crippen LogP contribution in [0, 0.1) is 5.82 Å². The predicted octanol–water partition coefficient (Wildman–Crippen LogP) is 2.78. The smallest absolute Gasteiger partial charge is 0.419 e. The second-order valence-corrected chi connectivity index (χ2v) is 3.99. The van der Waals surface area contributed by atoms with Crippen molar-refractivity contribution in [2.24, 2.45) is 0 Å². The first-order chi connectivity index (χ1) is 10.2. The van der Waals surface area contributed by atoms with Crippen molar-refractivity contribution in [3.8, 4) is 0 Å². The molecule has 0 spiro atoms. The molecule has 0 unspecified atom stereocenters. The Morgan fingerprint density at radius 2 is 1.95 bits per heavy atom. The first-order valence-corrected chi connectivity index (χ1v) is 5.55. The van der Waals surface area contributed by atoms with Crippen molar-refractivity contribution in [1.82, 2.24) is 4.98 Å². The monoisotopic (exact) mass is 318 g/mol. The van der Waals surface area contributed by atoms with Crippen molar-refractivity contribution < 1.29 is 36.7 Å². The number of aromatic nitrogens is 1. The Morgan fingerprint density at radius 3 is 2.45 bits per heavy atom. The first-order valence-electron chi connectivity index (χ1n) is 5.55. The van der Waals surface area contributed by atoms with Crippen LogP contribution in [0.1, 0.15) is 26.4 Å². The highest BCUT2D eigenvalue weighted by Gasteiger charge is 2.34. The Balaban J connectivity index is 2.19. The molecule has 2 aromatic rings. The van der Waals surface area contributed by atoms with Gasteiger partial charge in [0, 0.05) is 5.56 Å². The highest BCUT2D eigenvalue weighted by Crippen LogP contribution is 2.31. The van der Waals surface area contributed by atoms with Crippen molar-refractivity contribution in [3.63, 3.8) is 0 Å². The largest absolute Gasteiger partial charge is 0.476 e. The van der Waals surface area contributed by atoms with Crippen LogP contribution in [0.4, 0.5) is 23.6 Å². The fraction of sp³-hybridized carbons (Fsp3) is 0.0833. The molecule has 1 heterocycles. The zero-order valence-electron chi connectivity index (χ0n) is 10.4. The van der Waals surface area contributed by atoms with Crippen molar-refractivity contribution in [2.75, 3.05) is 5.32 Å². The van der Waals surface area contributed by atoms with Crippen LogP contribution in [0.25, 0.3) is 0 Å². The molecular formula is C12H6F4N2O4. The normalized spacial score (nSPS) is 11.3. The van der Waals surface area contributed by atoms with Crippen molar-refractivity contribution in [3.05, 3.63) is 47.1 Å². The van der Waals surface area contributed by atoms with E-state index in [1.165, 1.54) is 0 Å². The van der Waals surface area contributed by atoms with Gasteiger partial charge in [-0.25, -0.2) is 9.18 Å². The summed E-state index contributed by atoms with van der Waals surface area (Å²) in [5.74, 6) is -4.02. The van der Waals surface area contributed by atoms with Gasteiger partial charge < -0.3 is 9.52 Å². The van der Waals surface area contributed by atoms with Gasteiger partial charge in [-0.15, -0.1) is 0 Å². The van der Waals surface area contributed by atoms with Gasteiger partial charge in [0.15, 0.2) is 5.69 Å². The minimum Gasteiger partial charge on any atom is -0.476 e. The van der Waals surface area contributed by atoms with E-state index in [2.05, 4.69) is 9.40 Å². The number of rotatable bonds is 3. The minimum atomic E-state index is -4.88. The molecule has 116 valence electrons. The standard InChI is InChI=1S/C12H6F4N2O4/c13-7-3-5(1-2-6(7)12(14,15)16)9(19)18-11-17-8(4-22-11)10(20)21/h1-4H,(H,20,21)(H,17,18,19). The number of oxazole rings is 1. The SMILES string of the molecule is O=C(Nc1nc(C(=O)O)co1)c1ccc(C(F)(F)F)c(F)c1. The molecule has 1 aromatic heterocycles. The number of carboxylic acids is 1. The van der Waals surface area contributed by atoms with Gasteiger partial charge in [-0.1, -0.05) is 0 Å². The van der Waals surface area contributed by atoms with Gasteiger partial charge in [0.1, 0.15) is 12.1 Å². The number of amides is 1. The third kappa shape index (κ3) is 3.22. The molecule has 0 saturated carbocycles. The van der Waals surface area contributed by atoms with E-state index >= 15 is 0 Å². The Kier molecular flexibility index (Phi) is 3.85. The fourth-order valence-corrected chi connectivity index (χ4v) is 1.48. The van der Waals surface area contributed by atoms with Crippen LogP contribution in [0.2, 0.25) is 0 Å². The van der Waals surface area contributed by atoms with Crippen LogP contribution in [0.15, 0.2) is 28.9 Å². The van der Waals surface area contributed by atoms with Crippen molar-refractivity contribution >= 4 is 17.9 Å². The summed E-state index contributed by atoms with van der Waals surface area (Å²) >= 11 is 0. The minimum absolute atomic E-state index is 0.402. The zero-order valence-corrected chi connectivity index (χ0v) is 10.4. The number of carbonyl (C=O) groups is 2. The second kappa shape index (κ2) is 5.47. The van der Waals surface area contributed by atoms with Crippen LogP contribution in [-0.2, 0) is 6.18 Å². The predicted molar refractivity (Wildman–Crippen MR) is 62.8 cm³/mol. The van der Waals surface area contributed by atoms with E-state index in [1.54, 1.807) is 0 Å². The van der Waals surface area contributed by atoms with Gasteiger partial charge in [-0.3, -0.25) is 10.1 Å². The number of nitrogens with one attached hydrogen (secondary N) is 1. The number of halogens is 4. The van der Waals surface area contributed by atoms with Crippen molar-refractivity contribution in [2.45, 2.75) is 6.18 Å². The Labute approximate surface area is 119 Å². The summed E-state index contributed by atoms with van der Waals surface area (Å²) < 4.78 is 55.1. The van der Waals surface area contributed by atoms with Crippen LogP contribution >= 0.6 is 0 Å². The number of alkyl halides is 3. The number of carboxylic acid groups (broad SMARTS) is 1. The maximum absolute atomic E-state index is 13.3. The maximum atomic E-state index is 13.3. The maximum Gasteiger partial charge on any atom is 0.419 e. The summed E-state index contributed by atoms with van der Waals surface area (Å²) in [6.07, 6.45) is -4.12. The number of carbonyl (C=O) groups excluding carboxylic acids is 1. The molecule has 22 heavy (non-hydrogen) atoms. The molecular weight excluding hydrogens is 312 g/mol. The number of hydrogen-bond acceptors (Lipinski definition) is 4. The summed E-state index contributed by atoms with van der Waals surface area (Å²) in [4.78, 5) is 25.6. The lowest BCUT2D eigenvalue weighted by Crippen LogP contribution is -2.14. The van der Waals surface area contributed by atoms with Crippen molar-refractivity contribution in [1.29, 1.82) is 0 Å². The molecule has 0 saturated heterocycles. The Bertz CT molecular complexity index is 739. The van der Waals surface area contributed by atoms with Gasteiger partial charge in [-0.2, -0.15) is 18.2 Å². The lowest BCUT2D eigenvalue weighted by molar-refractivity contribution is -0.140. The van der Waals surface area contributed by atoms with E-state index in [-0.39, 0.29) is 0 Å². The van der Waals surface area contributed by atoms with E-state index in [1.807, 2.05) is 5.32 Å². The summed E-state index contributed by atoms with van der Waals surface area (Å²) in [7, 11) is 0. The van der Waals surface area contributed by atoms with Crippen LogP contribution in [-0.4, -0.2) is 22.0 Å². The molecule has 2 N–H and O–H groups in total. The van der Waals surface area contributed by atoms with E-state index in [9.17, 15) is 27.2 Å². The number of nitrogens with zero attached hydrogens (tertiary/aromatic N) is 1. The number of hydrogen-bond donors (Lipinski definition) is 2. The van der Waals surface area contributed by atoms with E-state index < -0.39 is 46.7 Å². The molecule has 0 aliphatic carbocycles. The molecule has 0 radical (unpaired) electrons. The van der Waals surface area contributed by atoms with Crippen LogP contribution in [0.5, 0.6) is 0 Å². The lowest BCUT2D eigenvalue weighted by Gasteiger charge is -2.08. The van der Waals surface area contributed by atoms with Gasteiger partial charge in [-0.05, 0) is 18.2 Å².